The van der Waals surface area contributed by atoms with Crippen LogP contribution in [0.2, 0.25) is 0 Å². The SMILES string of the molecule is COc1cc(Br)c(CN(C)C2CC3CCC(C2)N3)cc1OC.Cl. The molecule has 2 saturated heterocycles. The van der Waals surface area contributed by atoms with Gasteiger partial charge in [0.2, 0.25) is 0 Å². The van der Waals surface area contributed by atoms with Crippen LogP contribution in [0.15, 0.2) is 16.6 Å². The Labute approximate surface area is 153 Å². The van der Waals surface area contributed by atoms with Crippen LogP contribution in [0.4, 0.5) is 0 Å². The third kappa shape index (κ3) is 4.13. The van der Waals surface area contributed by atoms with Crippen LogP contribution < -0.4 is 14.8 Å². The Morgan fingerprint density at radius 1 is 1.13 bits per heavy atom. The molecule has 23 heavy (non-hydrogen) atoms. The second kappa shape index (κ2) is 8.06. The second-order valence-electron chi connectivity index (χ2n) is 6.48. The summed E-state index contributed by atoms with van der Waals surface area (Å²) in [6, 6.07) is 6.18. The van der Waals surface area contributed by atoms with Crippen molar-refractivity contribution in [2.45, 2.75) is 50.4 Å². The molecule has 2 bridgehead atoms. The minimum Gasteiger partial charge on any atom is -0.493 e. The molecule has 1 N–H and O–H groups in total. The van der Waals surface area contributed by atoms with Gasteiger partial charge in [0, 0.05) is 29.1 Å². The molecule has 0 amide bonds. The Morgan fingerprint density at radius 3 is 2.26 bits per heavy atom. The second-order valence-corrected chi connectivity index (χ2v) is 7.33. The number of nitrogens with one attached hydrogen (secondary N) is 1. The lowest BCUT2D eigenvalue weighted by Crippen LogP contribution is -2.46. The molecule has 2 unspecified atom stereocenters. The molecule has 1 aromatic carbocycles. The topological polar surface area (TPSA) is 33.7 Å². The molecule has 2 fully saturated rings. The molecule has 0 aliphatic carbocycles. The van der Waals surface area contributed by atoms with Crippen LogP contribution in [0.1, 0.15) is 31.2 Å². The number of hydrogen-bond donors (Lipinski definition) is 1. The number of benzene rings is 1. The number of nitrogens with zero attached hydrogens (tertiary/aromatic N) is 1. The molecule has 3 rings (SSSR count). The van der Waals surface area contributed by atoms with Crippen molar-refractivity contribution in [3.63, 3.8) is 0 Å². The van der Waals surface area contributed by atoms with Crippen molar-refractivity contribution in [3.8, 4) is 11.5 Å². The lowest BCUT2D eigenvalue weighted by molar-refractivity contribution is 0.165. The molecule has 0 aromatic heterocycles. The molecule has 1 aromatic rings. The molecule has 2 aliphatic heterocycles. The molecular weight excluding hydrogens is 380 g/mol. The Hall–Kier alpha value is -0.490. The molecule has 0 spiro atoms. The van der Waals surface area contributed by atoms with E-state index in [-0.39, 0.29) is 12.4 Å². The molecular formula is C17H26BrClN2O2. The first-order valence-electron chi connectivity index (χ1n) is 7.97. The number of ether oxygens (including phenoxy) is 2. The van der Waals surface area contributed by atoms with Gasteiger partial charge in [-0.2, -0.15) is 0 Å². The Balaban J connectivity index is 0.00000192. The van der Waals surface area contributed by atoms with Gasteiger partial charge in [0.25, 0.3) is 0 Å². The van der Waals surface area contributed by atoms with Crippen molar-refractivity contribution in [2.24, 2.45) is 0 Å². The molecule has 6 heteroatoms. The number of fused-ring (bicyclic) bond motifs is 2. The highest BCUT2D eigenvalue weighted by molar-refractivity contribution is 9.10. The van der Waals surface area contributed by atoms with Crippen molar-refractivity contribution in [3.05, 3.63) is 22.2 Å². The molecule has 0 saturated carbocycles. The number of methoxy groups -OCH3 is 2. The van der Waals surface area contributed by atoms with E-state index < -0.39 is 0 Å². The van der Waals surface area contributed by atoms with Crippen LogP contribution >= 0.6 is 28.3 Å². The predicted molar refractivity (Wildman–Crippen MR) is 98.9 cm³/mol. The summed E-state index contributed by atoms with van der Waals surface area (Å²) in [4.78, 5) is 2.48. The van der Waals surface area contributed by atoms with E-state index >= 15 is 0 Å². The maximum atomic E-state index is 5.43. The first kappa shape index (κ1) is 18.8. The quantitative estimate of drug-likeness (QED) is 0.811. The van der Waals surface area contributed by atoms with Crippen molar-refractivity contribution >= 4 is 28.3 Å². The van der Waals surface area contributed by atoms with Gasteiger partial charge in [-0.3, -0.25) is 4.90 Å². The van der Waals surface area contributed by atoms with E-state index in [1.807, 2.05) is 6.07 Å². The zero-order valence-corrected chi connectivity index (χ0v) is 16.4. The van der Waals surface area contributed by atoms with Gasteiger partial charge in [0.1, 0.15) is 0 Å². The average molecular weight is 406 g/mol. The molecule has 0 radical (unpaired) electrons. The summed E-state index contributed by atoms with van der Waals surface area (Å²) in [5.41, 5.74) is 1.24. The van der Waals surface area contributed by atoms with E-state index in [2.05, 4.69) is 39.3 Å². The van der Waals surface area contributed by atoms with Gasteiger partial charge in [-0.25, -0.2) is 0 Å². The van der Waals surface area contributed by atoms with Gasteiger partial charge in [-0.1, -0.05) is 15.9 Å². The maximum Gasteiger partial charge on any atom is 0.161 e. The van der Waals surface area contributed by atoms with E-state index in [9.17, 15) is 0 Å². The van der Waals surface area contributed by atoms with Crippen molar-refractivity contribution < 1.29 is 9.47 Å². The maximum absolute atomic E-state index is 5.43. The van der Waals surface area contributed by atoms with Gasteiger partial charge in [0.05, 0.1) is 14.2 Å². The van der Waals surface area contributed by atoms with E-state index in [0.717, 1.165) is 34.6 Å². The highest BCUT2D eigenvalue weighted by Gasteiger charge is 2.35. The first-order valence-corrected chi connectivity index (χ1v) is 8.76. The fraction of sp³-hybridized carbons (Fsp3) is 0.647. The third-order valence-electron chi connectivity index (χ3n) is 5.04. The summed E-state index contributed by atoms with van der Waals surface area (Å²) < 4.78 is 11.9. The summed E-state index contributed by atoms with van der Waals surface area (Å²) in [7, 11) is 5.59. The van der Waals surface area contributed by atoms with Crippen LogP contribution in [-0.2, 0) is 6.54 Å². The normalized spacial score (nSPS) is 26.0. The Kier molecular flexibility index (Phi) is 6.60. The molecule has 4 nitrogen and oxygen atoms in total. The minimum absolute atomic E-state index is 0. The fourth-order valence-electron chi connectivity index (χ4n) is 3.80. The van der Waals surface area contributed by atoms with E-state index in [1.165, 1.54) is 31.2 Å². The van der Waals surface area contributed by atoms with E-state index in [0.29, 0.717) is 6.04 Å². The van der Waals surface area contributed by atoms with Crippen molar-refractivity contribution in [1.29, 1.82) is 0 Å². The summed E-state index contributed by atoms with van der Waals surface area (Å²) in [5, 5.41) is 3.71. The lowest BCUT2D eigenvalue weighted by atomic mass is 9.98. The van der Waals surface area contributed by atoms with E-state index in [4.69, 9.17) is 9.47 Å². The molecule has 2 heterocycles. The van der Waals surface area contributed by atoms with Crippen LogP contribution in [0, 0.1) is 0 Å². The van der Waals surface area contributed by atoms with Crippen molar-refractivity contribution in [1.82, 2.24) is 10.2 Å². The van der Waals surface area contributed by atoms with Gasteiger partial charge in [-0.15, -0.1) is 12.4 Å². The first-order chi connectivity index (χ1) is 10.6. The number of piperidine rings is 1. The monoisotopic (exact) mass is 404 g/mol. The standard InChI is InChI=1S/C17H25BrN2O2.ClH/c1-20(14-7-12-4-5-13(8-14)19-12)10-11-6-16(21-2)17(22-3)9-15(11)18;/h6,9,12-14,19H,4-5,7-8,10H2,1-3H3;1H. The summed E-state index contributed by atoms with van der Waals surface area (Å²) in [5.74, 6) is 1.56. The largest absolute Gasteiger partial charge is 0.493 e. The van der Waals surface area contributed by atoms with Gasteiger partial charge in [-0.05, 0) is 50.4 Å². The van der Waals surface area contributed by atoms with Crippen LogP contribution in [0.25, 0.3) is 0 Å². The van der Waals surface area contributed by atoms with Gasteiger partial charge >= 0.3 is 0 Å². The lowest BCUT2D eigenvalue weighted by Gasteiger charge is -2.35. The molecule has 2 aliphatic rings. The van der Waals surface area contributed by atoms with Gasteiger partial charge in [0.15, 0.2) is 11.5 Å². The van der Waals surface area contributed by atoms with Crippen LogP contribution in [-0.4, -0.2) is 44.3 Å². The number of hydrogen-bond acceptors (Lipinski definition) is 4. The van der Waals surface area contributed by atoms with Crippen LogP contribution in [0.5, 0.6) is 11.5 Å². The summed E-state index contributed by atoms with van der Waals surface area (Å²) in [6.45, 7) is 0.922. The third-order valence-corrected chi connectivity index (χ3v) is 5.78. The minimum atomic E-state index is 0. The molecule has 130 valence electrons. The Bertz CT molecular complexity index is 532. The average Bonchev–Trinajstić information content (AvgIpc) is 2.86. The number of halogens is 2. The smallest absolute Gasteiger partial charge is 0.161 e. The zero-order chi connectivity index (χ0) is 15.7. The predicted octanol–water partition coefficient (Wildman–Crippen LogP) is 3.60. The summed E-state index contributed by atoms with van der Waals surface area (Å²) >= 11 is 3.67. The van der Waals surface area contributed by atoms with Crippen molar-refractivity contribution in [2.75, 3.05) is 21.3 Å². The Morgan fingerprint density at radius 2 is 1.70 bits per heavy atom. The number of rotatable bonds is 5. The highest BCUT2D eigenvalue weighted by Crippen LogP contribution is 2.35. The van der Waals surface area contributed by atoms with E-state index in [1.54, 1.807) is 14.2 Å². The van der Waals surface area contributed by atoms with Crippen LogP contribution in [0.3, 0.4) is 0 Å². The zero-order valence-electron chi connectivity index (χ0n) is 14.0. The van der Waals surface area contributed by atoms with Gasteiger partial charge < -0.3 is 14.8 Å². The highest BCUT2D eigenvalue weighted by atomic mass is 79.9. The fourth-order valence-corrected chi connectivity index (χ4v) is 4.25. The summed E-state index contributed by atoms with van der Waals surface area (Å²) in [6.07, 6.45) is 5.21. The molecule has 2 atom stereocenters.